The zero-order chi connectivity index (χ0) is 10.4. The summed E-state index contributed by atoms with van der Waals surface area (Å²) in [7, 11) is 0. The molecule has 4 nitrogen and oxygen atoms in total. The molecular formula is C7H4N2O2S3. The highest BCUT2D eigenvalue weighted by atomic mass is 32.2. The van der Waals surface area contributed by atoms with Gasteiger partial charge in [-0.05, 0) is 18.6 Å². The first-order chi connectivity index (χ1) is 6.77. The lowest BCUT2D eigenvalue weighted by atomic mass is 10.4. The Morgan fingerprint density at radius 1 is 1.29 bits per heavy atom. The van der Waals surface area contributed by atoms with Crippen molar-refractivity contribution < 1.29 is 9.59 Å². The first kappa shape index (κ1) is 11.2. The van der Waals surface area contributed by atoms with Crippen LogP contribution in [0, 0.1) is 6.92 Å². The molecule has 0 spiro atoms. The van der Waals surface area contributed by atoms with Gasteiger partial charge in [0.2, 0.25) is 12.2 Å². The number of nitrogens with zero attached hydrogens (tertiary/aromatic N) is 2. The highest BCUT2D eigenvalue weighted by Crippen LogP contribution is 2.37. The minimum absolute atomic E-state index is 0.870. The molecule has 0 N–H and O–H groups in total. The van der Waals surface area contributed by atoms with Gasteiger partial charge in [0.1, 0.15) is 0 Å². The lowest BCUT2D eigenvalue weighted by Crippen LogP contribution is -1.62. The van der Waals surface area contributed by atoms with Crippen LogP contribution in [0.15, 0.2) is 23.3 Å². The molecule has 1 aromatic heterocycles. The third-order valence-electron chi connectivity index (χ3n) is 1.19. The van der Waals surface area contributed by atoms with Gasteiger partial charge in [0.25, 0.3) is 0 Å². The molecule has 0 aliphatic rings. The fourth-order valence-electron chi connectivity index (χ4n) is 0.696. The van der Waals surface area contributed by atoms with Gasteiger partial charge in [-0.2, -0.15) is 0 Å². The first-order valence-corrected chi connectivity index (χ1v) is 5.73. The monoisotopic (exact) mass is 244 g/mol. The molecule has 0 saturated heterocycles. The SMILES string of the molecule is Cc1cc(SN=C=O)sc1SN=C=O. The molecule has 0 saturated carbocycles. The van der Waals surface area contributed by atoms with E-state index in [1.165, 1.54) is 23.5 Å². The summed E-state index contributed by atoms with van der Waals surface area (Å²) in [4.78, 5) is 19.7. The third kappa shape index (κ3) is 3.14. The molecule has 0 atom stereocenters. The lowest BCUT2D eigenvalue weighted by molar-refractivity contribution is 0.565. The van der Waals surface area contributed by atoms with Crippen molar-refractivity contribution in [1.82, 2.24) is 0 Å². The van der Waals surface area contributed by atoms with E-state index in [1.807, 2.05) is 13.0 Å². The molecule has 0 aliphatic carbocycles. The maximum atomic E-state index is 9.89. The third-order valence-corrected chi connectivity index (χ3v) is 4.08. The fraction of sp³-hybridized carbons (Fsp3) is 0.143. The molecule has 0 radical (unpaired) electrons. The van der Waals surface area contributed by atoms with Crippen molar-refractivity contribution in [2.75, 3.05) is 0 Å². The largest absolute Gasteiger partial charge is 0.247 e. The second-order valence-corrected chi connectivity index (χ2v) is 5.23. The highest BCUT2D eigenvalue weighted by Gasteiger charge is 2.06. The van der Waals surface area contributed by atoms with Crippen LogP contribution < -0.4 is 0 Å². The number of aryl methyl sites for hydroxylation is 1. The van der Waals surface area contributed by atoms with Gasteiger partial charge in [0.05, 0.1) is 8.42 Å². The molecule has 72 valence electrons. The van der Waals surface area contributed by atoms with Crippen LogP contribution in [0.5, 0.6) is 0 Å². The Hall–Kier alpha value is -0.840. The van der Waals surface area contributed by atoms with Gasteiger partial charge in [-0.15, -0.1) is 20.1 Å². The van der Waals surface area contributed by atoms with Crippen molar-refractivity contribution in [2.24, 2.45) is 8.80 Å². The maximum absolute atomic E-state index is 9.89. The van der Waals surface area contributed by atoms with Crippen molar-refractivity contribution in [3.05, 3.63) is 11.6 Å². The molecule has 0 amide bonds. The summed E-state index contributed by atoms with van der Waals surface area (Å²) in [6.45, 7) is 1.90. The Morgan fingerprint density at radius 3 is 2.57 bits per heavy atom. The number of carbonyl (C=O) groups excluding carboxylic acids is 2. The van der Waals surface area contributed by atoms with Gasteiger partial charge in [-0.1, -0.05) is 0 Å². The summed E-state index contributed by atoms with van der Waals surface area (Å²) in [6.07, 6.45) is 2.89. The predicted octanol–water partition coefficient (Wildman–Crippen LogP) is 2.74. The van der Waals surface area contributed by atoms with Crippen molar-refractivity contribution in [2.45, 2.75) is 15.3 Å². The van der Waals surface area contributed by atoms with E-state index in [4.69, 9.17) is 0 Å². The van der Waals surface area contributed by atoms with E-state index >= 15 is 0 Å². The molecule has 7 heteroatoms. The number of rotatable bonds is 4. The van der Waals surface area contributed by atoms with E-state index in [0.29, 0.717) is 0 Å². The standard InChI is InChI=1S/C7H4N2O2S3/c1-5-2-6(13-8-3-10)12-7(5)14-9-4-11/h2H,1H3. The lowest BCUT2D eigenvalue weighted by Gasteiger charge is -1.86. The van der Waals surface area contributed by atoms with Gasteiger partial charge in [-0.25, -0.2) is 9.59 Å². The quantitative estimate of drug-likeness (QED) is 0.464. The van der Waals surface area contributed by atoms with Crippen LogP contribution in [-0.2, 0) is 9.59 Å². The van der Waals surface area contributed by atoms with E-state index < -0.39 is 0 Å². The van der Waals surface area contributed by atoms with E-state index in [0.717, 1.165) is 37.9 Å². The Balaban J connectivity index is 2.80. The van der Waals surface area contributed by atoms with Crippen LogP contribution in [0.25, 0.3) is 0 Å². The van der Waals surface area contributed by atoms with Crippen molar-refractivity contribution in [3.63, 3.8) is 0 Å². The number of isocyanates is 2. The second kappa shape index (κ2) is 5.80. The minimum atomic E-state index is 0.870. The van der Waals surface area contributed by atoms with Crippen molar-refractivity contribution in [1.29, 1.82) is 0 Å². The van der Waals surface area contributed by atoms with Crippen LogP contribution in [0.4, 0.5) is 0 Å². The van der Waals surface area contributed by atoms with E-state index in [2.05, 4.69) is 8.80 Å². The summed E-state index contributed by atoms with van der Waals surface area (Å²) < 4.78 is 8.55. The maximum Gasteiger partial charge on any atom is 0.247 e. The summed E-state index contributed by atoms with van der Waals surface area (Å²) in [5, 5.41) is 0. The van der Waals surface area contributed by atoms with Gasteiger partial charge in [0.15, 0.2) is 0 Å². The Kier molecular flexibility index (Phi) is 4.65. The normalized spacial score (nSPS) is 8.93. The molecular weight excluding hydrogens is 240 g/mol. The highest BCUT2D eigenvalue weighted by molar-refractivity contribution is 8.02. The number of hydrogen-bond donors (Lipinski definition) is 0. The predicted molar refractivity (Wildman–Crippen MR) is 57.0 cm³/mol. The van der Waals surface area contributed by atoms with Gasteiger partial charge in [0, 0.05) is 23.9 Å². The van der Waals surface area contributed by atoms with E-state index in [9.17, 15) is 9.59 Å². The minimum Gasteiger partial charge on any atom is -0.210 e. The van der Waals surface area contributed by atoms with Crippen LogP contribution in [0.3, 0.4) is 0 Å². The average molecular weight is 244 g/mol. The van der Waals surface area contributed by atoms with Gasteiger partial charge in [-0.3, -0.25) is 0 Å². The molecule has 0 bridgehead atoms. The summed E-state index contributed by atoms with van der Waals surface area (Å²) in [5.74, 6) is 0. The molecule has 1 heterocycles. The Bertz CT molecular complexity index is 417. The average Bonchev–Trinajstić information content (AvgIpc) is 2.53. The first-order valence-electron chi connectivity index (χ1n) is 3.36. The summed E-state index contributed by atoms with van der Waals surface area (Å²) in [5.41, 5.74) is 1.00. The van der Waals surface area contributed by atoms with Crippen LogP contribution >= 0.6 is 35.2 Å². The molecule has 0 aromatic carbocycles. The summed E-state index contributed by atoms with van der Waals surface area (Å²) in [6, 6.07) is 1.87. The van der Waals surface area contributed by atoms with Gasteiger partial charge >= 0.3 is 0 Å². The molecule has 0 fully saturated rings. The molecule has 14 heavy (non-hydrogen) atoms. The van der Waals surface area contributed by atoms with E-state index in [1.54, 1.807) is 0 Å². The Morgan fingerprint density at radius 2 is 1.93 bits per heavy atom. The topological polar surface area (TPSA) is 58.9 Å². The van der Waals surface area contributed by atoms with Crippen molar-refractivity contribution in [3.8, 4) is 0 Å². The second-order valence-electron chi connectivity index (χ2n) is 2.08. The van der Waals surface area contributed by atoms with Gasteiger partial charge < -0.3 is 0 Å². The van der Waals surface area contributed by atoms with Crippen molar-refractivity contribution >= 4 is 47.4 Å². The summed E-state index contributed by atoms with van der Waals surface area (Å²) >= 11 is 3.54. The molecule has 0 unspecified atom stereocenters. The van der Waals surface area contributed by atoms with Crippen LogP contribution in [0.1, 0.15) is 5.56 Å². The molecule has 0 aliphatic heterocycles. The zero-order valence-electron chi connectivity index (χ0n) is 7.01. The van der Waals surface area contributed by atoms with Crippen LogP contribution in [0.2, 0.25) is 0 Å². The molecule has 1 aromatic rings. The Labute approximate surface area is 92.8 Å². The molecule has 1 rings (SSSR count). The van der Waals surface area contributed by atoms with E-state index in [-0.39, 0.29) is 0 Å². The smallest absolute Gasteiger partial charge is 0.210 e. The number of hydrogen-bond acceptors (Lipinski definition) is 7. The van der Waals surface area contributed by atoms with Crippen LogP contribution in [-0.4, -0.2) is 12.2 Å². The fourth-order valence-corrected chi connectivity index (χ4v) is 3.21. The zero-order valence-corrected chi connectivity index (χ0v) is 9.46. The number of thiophene rings is 1.